The summed E-state index contributed by atoms with van der Waals surface area (Å²) < 4.78 is 20.1. The lowest BCUT2D eigenvalue weighted by Crippen LogP contribution is -2.44. The number of urea groups is 1. The molecule has 0 fully saturated rings. The van der Waals surface area contributed by atoms with Gasteiger partial charge < -0.3 is 19.9 Å². The van der Waals surface area contributed by atoms with Crippen LogP contribution in [-0.4, -0.2) is 29.7 Å². The Morgan fingerprint density at radius 1 is 1.25 bits per heavy atom. The monoisotopic (exact) mass is 333 g/mol. The van der Waals surface area contributed by atoms with Gasteiger partial charge in [-0.25, -0.2) is 14.0 Å². The first-order chi connectivity index (χ1) is 11.5. The predicted octanol–water partition coefficient (Wildman–Crippen LogP) is 2.04. The number of esters is 1. The maximum atomic E-state index is 13.7. The normalized spacial score (nSPS) is 11.6. The largest absolute Gasteiger partial charge is 0.467 e. The zero-order chi connectivity index (χ0) is 17.5. The van der Waals surface area contributed by atoms with E-state index >= 15 is 0 Å². The number of benzene rings is 1. The number of rotatable bonds is 6. The van der Waals surface area contributed by atoms with E-state index in [2.05, 4.69) is 15.4 Å². The van der Waals surface area contributed by atoms with Gasteiger partial charge in [-0.05, 0) is 25.1 Å². The molecule has 0 unspecified atom stereocenters. The van der Waals surface area contributed by atoms with Crippen LogP contribution >= 0.6 is 0 Å². The molecule has 0 aliphatic heterocycles. The van der Waals surface area contributed by atoms with Crippen LogP contribution in [0.5, 0.6) is 0 Å². The molecule has 7 heteroatoms. The Morgan fingerprint density at radius 2 is 2.00 bits per heavy atom. The zero-order valence-electron chi connectivity index (χ0n) is 13.6. The van der Waals surface area contributed by atoms with Crippen LogP contribution in [0.2, 0.25) is 0 Å². The summed E-state index contributed by atoms with van der Waals surface area (Å²) in [6.07, 6.45) is 1.82. The van der Waals surface area contributed by atoms with Crippen LogP contribution in [0, 0.1) is 5.82 Å². The molecule has 24 heavy (non-hydrogen) atoms. The average Bonchev–Trinajstić information content (AvgIpc) is 3.01. The maximum Gasteiger partial charge on any atom is 0.328 e. The third-order valence-corrected chi connectivity index (χ3v) is 3.55. The lowest BCUT2D eigenvalue weighted by Gasteiger charge is -2.14. The van der Waals surface area contributed by atoms with E-state index in [0.717, 1.165) is 5.69 Å². The van der Waals surface area contributed by atoms with E-state index in [9.17, 15) is 14.0 Å². The van der Waals surface area contributed by atoms with Crippen LogP contribution in [0.25, 0.3) is 0 Å². The molecule has 0 saturated carbocycles. The van der Waals surface area contributed by atoms with Gasteiger partial charge in [0.2, 0.25) is 0 Å². The summed E-state index contributed by atoms with van der Waals surface area (Å²) in [6.45, 7) is 2.16. The molecule has 2 aromatic rings. The summed E-state index contributed by atoms with van der Waals surface area (Å²) in [6, 6.07) is 9.00. The Bertz CT molecular complexity index is 715. The summed E-state index contributed by atoms with van der Waals surface area (Å²) in [5, 5.41) is 5.14. The highest BCUT2D eigenvalue weighted by molar-refractivity contribution is 5.83. The first-order valence-electron chi connectivity index (χ1n) is 7.51. The molecule has 1 aromatic heterocycles. The second-order valence-electron chi connectivity index (χ2n) is 5.29. The fourth-order valence-electron chi connectivity index (χ4n) is 2.23. The number of nitrogens with zero attached hydrogens (tertiary/aromatic N) is 1. The van der Waals surface area contributed by atoms with Crippen molar-refractivity contribution in [2.45, 2.75) is 26.1 Å². The summed E-state index contributed by atoms with van der Waals surface area (Å²) in [4.78, 5) is 23.1. The summed E-state index contributed by atoms with van der Waals surface area (Å²) >= 11 is 0. The Hall–Kier alpha value is -2.83. The van der Waals surface area contributed by atoms with Gasteiger partial charge in [-0.2, -0.15) is 0 Å². The van der Waals surface area contributed by atoms with Gasteiger partial charge in [0.1, 0.15) is 11.9 Å². The Balaban J connectivity index is 1.93. The highest BCUT2D eigenvalue weighted by Crippen LogP contribution is 2.11. The molecule has 0 spiro atoms. The first-order valence-corrected chi connectivity index (χ1v) is 7.51. The molecule has 1 atom stereocenters. The number of hydrogen-bond acceptors (Lipinski definition) is 3. The van der Waals surface area contributed by atoms with Gasteiger partial charge in [-0.15, -0.1) is 0 Å². The number of amides is 2. The van der Waals surface area contributed by atoms with E-state index < -0.39 is 18.0 Å². The quantitative estimate of drug-likeness (QED) is 0.795. The van der Waals surface area contributed by atoms with E-state index in [1.165, 1.54) is 20.1 Å². The van der Waals surface area contributed by atoms with Crippen molar-refractivity contribution in [3.05, 3.63) is 59.7 Å². The summed E-state index contributed by atoms with van der Waals surface area (Å²) in [5.74, 6) is -0.789. The van der Waals surface area contributed by atoms with Crippen molar-refractivity contribution in [1.82, 2.24) is 15.2 Å². The molecule has 0 radical (unpaired) electrons. The van der Waals surface area contributed by atoms with Crippen LogP contribution in [0.3, 0.4) is 0 Å². The molecule has 2 N–H and O–H groups in total. The third-order valence-electron chi connectivity index (χ3n) is 3.55. The van der Waals surface area contributed by atoms with E-state index in [-0.39, 0.29) is 12.4 Å². The van der Waals surface area contributed by atoms with Gasteiger partial charge in [0.05, 0.1) is 20.2 Å². The molecule has 2 amide bonds. The number of carbonyl (C=O) groups is 2. The van der Waals surface area contributed by atoms with E-state index in [4.69, 9.17) is 0 Å². The lowest BCUT2D eigenvalue weighted by atomic mass is 10.2. The van der Waals surface area contributed by atoms with Crippen LogP contribution in [0.4, 0.5) is 9.18 Å². The second-order valence-corrected chi connectivity index (χ2v) is 5.29. The number of aromatic nitrogens is 1. The van der Waals surface area contributed by atoms with Gasteiger partial charge in [-0.3, -0.25) is 0 Å². The maximum absolute atomic E-state index is 13.7. The molecule has 0 saturated heterocycles. The zero-order valence-corrected chi connectivity index (χ0v) is 13.6. The number of hydrogen-bond donors (Lipinski definition) is 2. The average molecular weight is 333 g/mol. The van der Waals surface area contributed by atoms with Crippen molar-refractivity contribution in [2.24, 2.45) is 0 Å². The highest BCUT2D eigenvalue weighted by Gasteiger charge is 2.15. The minimum absolute atomic E-state index is 0.251. The van der Waals surface area contributed by atoms with Gasteiger partial charge in [-0.1, -0.05) is 18.2 Å². The van der Waals surface area contributed by atoms with Crippen LogP contribution in [0.1, 0.15) is 18.2 Å². The van der Waals surface area contributed by atoms with Crippen molar-refractivity contribution >= 4 is 12.0 Å². The smallest absolute Gasteiger partial charge is 0.328 e. The van der Waals surface area contributed by atoms with Crippen molar-refractivity contribution < 1.29 is 18.7 Å². The van der Waals surface area contributed by atoms with E-state index in [1.54, 1.807) is 18.2 Å². The summed E-state index contributed by atoms with van der Waals surface area (Å²) in [5.41, 5.74) is 1.39. The lowest BCUT2D eigenvalue weighted by molar-refractivity contribution is -0.142. The Kier molecular flexibility index (Phi) is 5.95. The molecule has 0 bridgehead atoms. The molecule has 6 nitrogen and oxygen atoms in total. The molecular weight excluding hydrogens is 313 g/mol. The van der Waals surface area contributed by atoms with Gasteiger partial charge in [0, 0.05) is 17.5 Å². The number of ether oxygens (including phenoxy) is 1. The topological polar surface area (TPSA) is 72.4 Å². The van der Waals surface area contributed by atoms with Crippen LogP contribution < -0.4 is 10.6 Å². The molecule has 1 aromatic carbocycles. The minimum atomic E-state index is -0.736. The van der Waals surface area contributed by atoms with Crippen LogP contribution in [-0.2, 0) is 22.6 Å². The van der Waals surface area contributed by atoms with E-state index in [1.807, 2.05) is 22.9 Å². The molecule has 0 aliphatic carbocycles. The molecule has 2 rings (SSSR count). The molecular formula is C17H20FN3O3. The van der Waals surface area contributed by atoms with Crippen molar-refractivity contribution in [3.63, 3.8) is 0 Å². The highest BCUT2D eigenvalue weighted by atomic mass is 19.1. The van der Waals surface area contributed by atoms with E-state index in [0.29, 0.717) is 12.1 Å². The van der Waals surface area contributed by atoms with Gasteiger partial charge in [0.25, 0.3) is 0 Å². The Morgan fingerprint density at radius 3 is 2.71 bits per heavy atom. The van der Waals surface area contributed by atoms with Crippen molar-refractivity contribution in [1.29, 1.82) is 0 Å². The van der Waals surface area contributed by atoms with Crippen molar-refractivity contribution in [2.75, 3.05) is 7.11 Å². The molecule has 1 heterocycles. The minimum Gasteiger partial charge on any atom is -0.467 e. The summed E-state index contributed by atoms with van der Waals surface area (Å²) in [7, 11) is 1.26. The third kappa shape index (κ3) is 4.58. The number of methoxy groups -OCH3 is 1. The molecule has 0 aliphatic rings. The predicted molar refractivity (Wildman–Crippen MR) is 86.8 cm³/mol. The fraction of sp³-hybridized carbons (Fsp3) is 0.294. The first kappa shape index (κ1) is 17.5. The standard InChI is InChI=1S/C17H20FN3O3/c1-12(16(22)24-2)20-17(23)19-10-14-7-5-9-21(14)11-13-6-3-4-8-15(13)18/h3-9,12H,10-11H2,1-2H3,(H2,19,20,23)/t12-/m1/s1. The SMILES string of the molecule is COC(=O)[C@@H](C)NC(=O)NCc1cccn1Cc1ccccc1F. The number of nitrogens with one attached hydrogen (secondary N) is 2. The fourth-order valence-corrected chi connectivity index (χ4v) is 2.23. The van der Waals surface area contributed by atoms with Gasteiger partial charge >= 0.3 is 12.0 Å². The van der Waals surface area contributed by atoms with Crippen molar-refractivity contribution in [3.8, 4) is 0 Å². The second kappa shape index (κ2) is 8.14. The molecule has 128 valence electrons. The Labute approximate surface area is 139 Å². The number of carbonyl (C=O) groups excluding carboxylic acids is 2. The van der Waals surface area contributed by atoms with Gasteiger partial charge in [0.15, 0.2) is 0 Å². The number of halogens is 1. The van der Waals surface area contributed by atoms with Crippen LogP contribution in [0.15, 0.2) is 42.6 Å².